The lowest BCUT2D eigenvalue weighted by molar-refractivity contribution is -0.119. The number of carbonyl (C=O) groups excluding carboxylic acids is 2. The fourth-order valence-corrected chi connectivity index (χ4v) is 4.38. The van der Waals surface area contributed by atoms with E-state index in [1.165, 1.54) is 6.92 Å². The number of carbonyl (C=O) groups is 2. The molecule has 146 valence electrons. The molecule has 0 aromatic heterocycles. The molecule has 0 bridgehead atoms. The Labute approximate surface area is 161 Å². The number of fused-ring (bicyclic) bond motifs is 1. The van der Waals surface area contributed by atoms with E-state index in [4.69, 9.17) is 9.47 Å². The summed E-state index contributed by atoms with van der Waals surface area (Å²) >= 11 is 0. The average molecular weight is 392 g/mol. The fourth-order valence-electron chi connectivity index (χ4n) is 3.96. The van der Waals surface area contributed by atoms with Crippen molar-refractivity contribution < 1.29 is 19.1 Å². The Balaban J connectivity index is 1.43. The highest BCUT2D eigenvalue weighted by molar-refractivity contribution is 7.13. The summed E-state index contributed by atoms with van der Waals surface area (Å²) in [6.07, 6.45) is -0.467. The number of anilines is 2. The number of nitrogens with zero attached hydrogens (tertiary/aromatic N) is 3. The predicted octanol–water partition coefficient (Wildman–Crippen LogP) is 0.827. The summed E-state index contributed by atoms with van der Waals surface area (Å²) in [5, 5.41) is 2.69. The van der Waals surface area contributed by atoms with E-state index in [0.717, 1.165) is 37.6 Å². The lowest BCUT2D eigenvalue weighted by atomic mass is 10.1. The first-order valence-corrected chi connectivity index (χ1v) is 9.73. The Kier molecular flexibility index (Phi) is 5.21. The molecule has 8 nitrogen and oxygen atoms in total. The van der Waals surface area contributed by atoms with Gasteiger partial charge in [0.15, 0.2) is 0 Å². The molecule has 3 fully saturated rings. The molecule has 4 rings (SSSR count). The number of ether oxygens (including phenoxy) is 2. The van der Waals surface area contributed by atoms with Gasteiger partial charge >= 0.3 is 6.09 Å². The van der Waals surface area contributed by atoms with Crippen LogP contribution in [0.5, 0.6) is 0 Å². The molecule has 0 spiro atoms. The Bertz CT molecular complexity index is 716. The standard InChI is InChI=1S/C18H25N4O4P/c1-12(23)19-8-15-9-22(18(24)26-15)14-4-2-13(3-5-14)21-6-7-25-17-11-20(27)10-16(17)21/h2-5,15-17H,6-11,27H2,1H3,(H,19,23). The highest BCUT2D eigenvalue weighted by Crippen LogP contribution is 2.31. The number of cyclic esters (lactones) is 1. The van der Waals surface area contributed by atoms with Crippen molar-refractivity contribution in [3.63, 3.8) is 0 Å². The molecular weight excluding hydrogens is 367 g/mol. The monoisotopic (exact) mass is 392 g/mol. The first kappa shape index (κ1) is 18.5. The van der Waals surface area contributed by atoms with Crippen molar-refractivity contribution >= 4 is 32.8 Å². The lowest BCUT2D eigenvalue weighted by Crippen LogP contribution is -2.50. The van der Waals surface area contributed by atoms with Crippen LogP contribution in [0.2, 0.25) is 0 Å². The van der Waals surface area contributed by atoms with Crippen molar-refractivity contribution in [1.82, 2.24) is 9.99 Å². The maximum atomic E-state index is 12.2. The van der Waals surface area contributed by atoms with Gasteiger partial charge < -0.3 is 19.7 Å². The second kappa shape index (κ2) is 7.62. The average Bonchev–Trinajstić information content (AvgIpc) is 3.21. The van der Waals surface area contributed by atoms with Gasteiger partial charge in [-0.1, -0.05) is 9.39 Å². The number of amides is 2. The largest absolute Gasteiger partial charge is 0.442 e. The Morgan fingerprint density at radius 3 is 2.70 bits per heavy atom. The van der Waals surface area contributed by atoms with Gasteiger partial charge in [0.05, 0.1) is 31.8 Å². The zero-order valence-corrected chi connectivity index (χ0v) is 16.5. The number of morpholine rings is 1. The quantitative estimate of drug-likeness (QED) is 0.766. The summed E-state index contributed by atoms with van der Waals surface area (Å²) in [5.74, 6) is -0.131. The van der Waals surface area contributed by atoms with Crippen LogP contribution in [0.3, 0.4) is 0 Å². The molecule has 1 aromatic carbocycles. The van der Waals surface area contributed by atoms with E-state index in [1.807, 2.05) is 12.1 Å². The van der Waals surface area contributed by atoms with Crippen molar-refractivity contribution in [2.45, 2.75) is 25.2 Å². The van der Waals surface area contributed by atoms with Crippen molar-refractivity contribution in [2.24, 2.45) is 0 Å². The van der Waals surface area contributed by atoms with E-state index >= 15 is 0 Å². The zero-order chi connectivity index (χ0) is 19.0. The van der Waals surface area contributed by atoms with Crippen molar-refractivity contribution in [3.05, 3.63) is 24.3 Å². The summed E-state index contributed by atoms with van der Waals surface area (Å²) < 4.78 is 13.4. The van der Waals surface area contributed by atoms with Gasteiger partial charge in [-0.2, -0.15) is 0 Å². The Morgan fingerprint density at radius 1 is 1.22 bits per heavy atom. The van der Waals surface area contributed by atoms with Crippen molar-refractivity contribution in [3.8, 4) is 0 Å². The number of hydrogen-bond donors (Lipinski definition) is 1. The molecule has 27 heavy (non-hydrogen) atoms. The van der Waals surface area contributed by atoms with Gasteiger partial charge in [0.1, 0.15) is 6.10 Å². The molecule has 0 aliphatic carbocycles. The molecule has 4 unspecified atom stereocenters. The third-order valence-corrected chi connectivity index (χ3v) is 5.70. The first-order chi connectivity index (χ1) is 13.0. The molecule has 3 heterocycles. The normalized spacial score (nSPS) is 28.2. The van der Waals surface area contributed by atoms with Crippen molar-refractivity contribution in [1.29, 1.82) is 0 Å². The van der Waals surface area contributed by atoms with Gasteiger partial charge in [0.2, 0.25) is 5.91 Å². The van der Waals surface area contributed by atoms with Crippen LogP contribution in [-0.2, 0) is 14.3 Å². The molecule has 1 aromatic rings. The van der Waals surface area contributed by atoms with Gasteiger partial charge in [-0.3, -0.25) is 14.4 Å². The number of hydrogen-bond acceptors (Lipinski definition) is 6. The summed E-state index contributed by atoms with van der Waals surface area (Å²) in [5.41, 5.74) is 1.94. The first-order valence-electron chi connectivity index (χ1n) is 9.22. The summed E-state index contributed by atoms with van der Waals surface area (Å²) in [4.78, 5) is 27.2. The summed E-state index contributed by atoms with van der Waals surface area (Å²) in [6, 6.07) is 8.36. The van der Waals surface area contributed by atoms with E-state index < -0.39 is 0 Å². The van der Waals surface area contributed by atoms with Gasteiger partial charge in [0, 0.05) is 37.9 Å². The van der Waals surface area contributed by atoms with Crippen LogP contribution in [-0.4, -0.2) is 74.3 Å². The van der Waals surface area contributed by atoms with E-state index in [-0.39, 0.29) is 24.2 Å². The van der Waals surface area contributed by atoms with Crippen molar-refractivity contribution in [2.75, 3.05) is 49.1 Å². The summed E-state index contributed by atoms with van der Waals surface area (Å²) in [7, 11) is 2.76. The van der Waals surface area contributed by atoms with Gasteiger partial charge in [-0.05, 0) is 24.3 Å². The second-order valence-corrected chi connectivity index (χ2v) is 7.92. The molecule has 3 saturated heterocycles. The van der Waals surface area contributed by atoms with Crippen LogP contribution >= 0.6 is 9.39 Å². The predicted molar refractivity (Wildman–Crippen MR) is 105 cm³/mol. The Morgan fingerprint density at radius 2 is 1.96 bits per heavy atom. The van der Waals surface area contributed by atoms with Crippen LogP contribution in [0.1, 0.15) is 6.92 Å². The van der Waals surface area contributed by atoms with Crippen LogP contribution in [0.15, 0.2) is 24.3 Å². The molecule has 0 radical (unpaired) electrons. The van der Waals surface area contributed by atoms with E-state index in [9.17, 15) is 9.59 Å². The molecule has 0 saturated carbocycles. The number of benzene rings is 1. The zero-order valence-electron chi connectivity index (χ0n) is 15.3. The molecule has 4 atom stereocenters. The third-order valence-electron chi connectivity index (χ3n) is 5.28. The fraction of sp³-hybridized carbons (Fsp3) is 0.556. The highest BCUT2D eigenvalue weighted by Gasteiger charge is 2.39. The molecule has 3 aliphatic rings. The van der Waals surface area contributed by atoms with Gasteiger partial charge in [0.25, 0.3) is 0 Å². The molecule has 1 N–H and O–H groups in total. The van der Waals surface area contributed by atoms with E-state index in [0.29, 0.717) is 19.1 Å². The van der Waals surface area contributed by atoms with Crippen LogP contribution in [0, 0.1) is 0 Å². The minimum atomic E-state index is -0.376. The molecule has 2 amide bonds. The second-order valence-electron chi connectivity index (χ2n) is 7.19. The maximum absolute atomic E-state index is 12.2. The summed E-state index contributed by atoms with van der Waals surface area (Å²) in [6.45, 7) is 5.69. The topological polar surface area (TPSA) is 74.4 Å². The molecular formula is C18H25N4O4P. The van der Waals surface area contributed by atoms with Gasteiger partial charge in [-0.15, -0.1) is 0 Å². The number of rotatable bonds is 4. The van der Waals surface area contributed by atoms with E-state index in [2.05, 4.69) is 36.4 Å². The van der Waals surface area contributed by atoms with Crippen LogP contribution in [0.25, 0.3) is 0 Å². The lowest BCUT2D eigenvalue weighted by Gasteiger charge is -2.38. The van der Waals surface area contributed by atoms with E-state index in [1.54, 1.807) is 4.90 Å². The SMILES string of the molecule is CC(=O)NCC1CN(c2ccc(N3CCOC4CN(P)CC43)cc2)C(=O)O1. The maximum Gasteiger partial charge on any atom is 0.414 e. The number of nitrogens with one attached hydrogen (secondary N) is 1. The van der Waals surface area contributed by atoms with Crippen LogP contribution in [0.4, 0.5) is 16.2 Å². The van der Waals surface area contributed by atoms with Gasteiger partial charge in [-0.25, -0.2) is 4.79 Å². The highest BCUT2D eigenvalue weighted by atomic mass is 31.0. The third kappa shape index (κ3) is 3.88. The Hall–Kier alpha value is -1.89. The molecule has 3 aliphatic heterocycles. The van der Waals surface area contributed by atoms with Crippen LogP contribution < -0.4 is 15.1 Å². The smallest absolute Gasteiger partial charge is 0.414 e. The molecule has 9 heteroatoms. The minimum absolute atomic E-state index is 0.131. The minimum Gasteiger partial charge on any atom is -0.442 e.